The van der Waals surface area contributed by atoms with Gasteiger partial charge in [-0.3, -0.25) is 4.79 Å². The Kier molecular flexibility index (Phi) is 8.45. The van der Waals surface area contributed by atoms with Gasteiger partial charge in [0.1, 0.15) is 11.8 Å². The SMILES string of the molecule is CC.CNC(CC(=O)Nc1ccccc1OC)C(F)(F)F. The van der Waals surface area contributed by atoms with Crippen molar-refractivity contribution in [3.05, 3.63) is 24.3 Å². The molecule has 7 heteroatoms. The number of rotatable bonds is 5. The Labute approximate surface area is 122 Å². The van der Waals surface area contributed by atoms with E-state index >= 15 is 0 Å². The van der Waals surface area contributed by atoms with Crippen LogP contribution in [0.15, 0.2) is 24.3 Å². The Morgan fingerprint density at radius 1 is 1.29 bits per heavy atom. The van der Waals surface area contributed by atoms with Crippen molar-refractivity contribution in [1.29, 1.82) is 0 Å². The Morgan fingerprint density at radius 2 is 1.86 bits per heavy atom. The molecule has 2 N–H and O–H groups in total. The number of hydrogen-bond donors (Lipinski definition) is 2. The van der Waals surface area contributed by atoms with Crippen LogP contribution in [0, 0.1) is 0 Å². The van der Waals surface area contributed by atoms with Crippen LogP contribution in [0.5, 0.6) is 5.75 Å². The molecule has 0 radical (unpaired) electrons. The van der Waals surface area contributed by atoms with Gasteiger partial charge in [0.25, 0.3) is 0 Å². The summed E-state index contributed by atoms with van der Waals surface area (Å²) in [5, 5.41) is 4.46. The van der Waals surface area contributed by atoms with Crippen molar-refractivity contribution < 1.29 is 22.7 Å². The first-order valence-electron chi connectivity index (χ1n) is 6.55. The van der Waals surface area contributed by atoms with E-state index in [9.17, 15) is 18.0 Å². The molecule has 0 aliphatic heterocycles. The van der Waals surface area contributed by atoms with Crippen molar-refractivity contribution in [3.8, 4) is 5.75 Å². The molecular formula is C14H21F3N2O2. The van der Waals surface area contributed by atoms with Gasteiger partial charge in [-0.15, -0.1) is 0 Å². The van der Waals surface area contributed by atoms with E-state index in [2.05, 4.69) is 10.6 Å². The number of nitrogens with one attached hydrogen (secondary N) is 2. The highest BCUT2D eigenvalue weighted by Crippen LogP contribution is 2.25. The summed E-state index contributed by atoms with van der Waals surface area (Å²) in [5.41, 5.74) is 0.340. The van der Waals surface area contributed by atoms with Crippen molar-refractivity contribution in [2.45, 2.75) is 32.5 Å². The van der Waals surface area contributed by atoms with Gasteiger partial charge in [0, 0.05) is 0 Å². The average molecular weight is 306 g/mol. The number of benzene rings is 1. The molecule has 1 amide bonds. The molecule has 0 saturated heterocycles. The smallest absolute Gasteiger partial charge is 0.404 e. The highest BCUT2D eigenvalue weighted by atomic mass is 19.4. The van der Waals surface area contributed by atoms with Gasteiger partial charge in [-0.2, -0.15) is 13.2 Å². The van der Waals surface area contributed by atoms with E-state index in [-0.39, 0.29) is 0 Å². The predicted molar refractivity (Wildman–Crippen MR) is 76.5 cm³/mol. The van der Waals surface area contributed by atoms with E-state index in [0.29, 0.717) is 11.4 Å². The first kappa shape index (κ1) is 19.2. The Morgan fingerprint density at radius 3 is 2.33 bits per heavy atom. The van der Waals surface area contributed by atoms with Gasteiger partial charge in [0.2, 0.25) is 5.91 Å². The first-order chi connectivity index (χ1) is 9.88. The Bertz CT molecular complexity index is 436. The van der Waals surface area contributed by atoms with Crippen LogP contribution in [0.3, 0.4) is 0 Å². The molecule has 120 valence electrons. The lowest BCUT2D eigenvalue weighted by Gasteiger charge is -2.19. The minimum absolute atomic E-state index is 0.340. The van der Waals surface area contributed by atoms with Crippen LogP contribution in [0.1, 0.15) is 20.3 Å². The van der Waals surface area contributed by atoms with Crippen LogP contribution in [-0.2, 0) is 4.79 Å². The molecule has 0 heterocycles. The summed E-state index contributed by atoms with van der Waals surface area (Å²) in [7, 11) is 2.58. The second-order valence-electron chi connectivity index (χ2n) is 3.84. The number of hydrogen-bond acceptors (Lipinski definition) is 3. The summed E-state index contributed by atoms with van der Waals surface area (Å²) in [5.74, 6) is -0.343. The number of carbonyl (C=O) groups is 1. The van der Waals surface area contributed by atoms with Crippen molar-refractivity contribution in [1.82, 2.24) is 5.32 Å². The van der Waals surface area contributed by atoms with Gasteiger partial charge in [0.05, 0.1) is 19.2 Å². The number of carbonyl (C=O) groups excluding carboxylic acids is 1. The van der Waals surface area contributed by atoms with Gasteiger partial charge in [0.15, 0.2) is 0 Å². The van der Waals surface area contributed by atoms with Gasteiger partial charge < -0.3 is 15.4 Å². The maximum absolute atomic E-state index is 12.5. The van der Waals surface area contributed by atoms with E-state index in [1.165, 1.54) is 7.11 Å². The number of ether oxygens (including phenoxy) is 1. The molecule has 1 atom stereocenters. The van der Waals surface area contributed by atoms with E-state index in [1.54, 1.807) is 24.3 Å². The topological polar surface area (TPSA) is 50.4 Å². The summed E-state index contributed by atoms with van der Waals surface area (Å²) in [6.07, 6.45) is -5.16. The van der Waals surface area contributed by atoms with E-state index < -0.39 is 24.5 Å². The Hall–Kier alpha value is -1.76. The molecule has 0 bridgehead atoms. The molecule has 0 aliphatic carbocycles. The van der Waals surface area contributed by atoms with Gasteiger partial charge >= 0.3 is 6.18 Å². The van der Waals surface area contributed by atoms with Crippen LogP contribution in [0.4, 0.5) is 18.9 Å². The van der Waals surface area contributed by atoms with E-state index in [4.69, 9.17) is 4.74 Å². The summed E-state index contributed by atoms with van der Waals surface area (Å²) in [4.78, 5) is 11.6. The minimum atomic E-state index is -4.47. The number of halogens is 3. The second kappa shape index (κ2) is 9.23. The molecule has 4 nitrogen and oxygen atoms in total. The summed E-state index contributed by atoms with van der Waals surface area (Å²) in [6, 6.07) is 4.63. The van der Waals surface area contributed by atoms with Crippen molar-refractivity contribution in [2.24, 2.45) is 0 Å². The fourth-order valence-corrected chi connectivity index (χ4v) is 1.52. The zero-order valence-corrected chi connectivity index (χ0v) is 12.5. The lowest BCUT2D eigenvalue weighted by molar-refractivity contribution is -0.159. The standard InChI is InChI=1S/C12H15F3N2O2.C2H6/c1-16-10(12(13,14)15)7-11(18)17-8-5-3-4-6-9(8)19-2;1-2/h3-6,10,16H,7H2,1-2H3,(H,17,18);1-2H3. The maximum atomic E-state index is 12.5. The summed E-state index contributed by atoms with van der Waals surface area (Å²) < 4.78 is 42.5. The second-order valence-corrected chi connectivity index (χ2v) is 3.84. The molecule has 0 aliphatic rings. The third-order valence-corrected chi connectivity index (χ3v) is 2.51. The van der Waals surface area contributed by atoms with Crippen LogP contribution in [0.25, 0.3) is 0 Å². The number of para-hydroxylation sites is 2. The fraction of sp³-hybridized carbons (Fsp3) is 0.500. The lowest BCUT2D eigenvalue weighted by Crippen LogP contribution is -2.42. The first-order valence-corrected chi connectivity index (χ1v) is 6.55. The summed E-state index contributed by atoms with van der Waals surface area (Å²) >= 11 is 0. The van der Waals surface area contributed by atoms with Crippen LogP contribution < -0.4 is 15.4 Å². The van der Waals surface area contributed by atoms with Crippen LogP contribution in [-0.4, -0.2) is 32.3 Å². The lowest BCUT2D eigenvalue weighted by atomic mass is 10.2. The molecule has 1 aromatic carbocycles. The highest BCUT2D eigenvalue weighted by Gasteiger charge is 2.39. The largest absolute Gasteiger partial charge is 0.495 e. The molecule has 1 rings (SSSR count). The van der Waals surface area contributed by atoms with Crippen LogP contribution >= 0.6 is 0 Å². The van der Waals surface area contributed by atoms with Gasteiger partial charge in [-0.25, -0.2) is 0 Å². The van der Waals surface area contributed by atoms with E-state index in [0.717, 1.165) is 7.05 Å². The molecular weight excluding hydrogens is 285 g/mol. The summed E-state index contributed by atoms with van der Waals surface area (Å²) in [6.45, 7) is 4.00. The molecule has 1 aromatic rings. The molecule has 1 unspecified atom stereocenters. The monoisotopic (exact) mass is 306 g/mol. The normalized spacial score (nSPS) is 12.0. The predicted octanol–water partition coefficient (Wildman–Crippen LogP) is 3.20. The zero-order valence-electron chi connectivity index (χ0n) is 12.5. The van der Waals surface area contributed by atoms with Gasteiger partial charge in [-0.1, -0.05) is 26.0 Å². The van der Waals surface area contributed by atoms with E-state index in [1.807, 2.05) is 13.8 Å². The van der Waals surface area contributed by atoms with Crippen molar-refractivity contribution in [3.63, 3.8) is 0 Å². The Balaban J connectivity index is 0.00000191. The molecule has 21 heavy (non-hydrogen) atoms. The number of amides is 1. The van der Waals surface area contributed by atoms with Crippen molar-refractivity contribution >= 4 is 11.6 Å². The average Bonchev–Trinajstić information content (AvgIpc) is 2.46. The quantitative estimate of drug-likeness (QED) is 0.878. The third kappa shape index (κ3) is 6.48. The molecule has 0 fully saturated rings. The van der Waals surface area contributed by atoms with Crippen molar-refractivity contribution in [2.75, 3.05) is 19.5 Å². The number of methoxy groups -OCH3 is 1. The highest BCUT2D eigenvalue weighted by molar-refractivity contribution is 5.92. The minimum Gasteiger partial charge on any atom is -0.495 e. The third-order valence-electron chi connectivity index (χ3n) is 2.51. The molecule has 0 spiro atoms. The fourth-order valence-electron chi connectivity index (χ4n) is 1.52. The number of alkyl halides is 3. The van der Waals surface area contributed by atoms with Crippen LogP contribution in [0.2, 0.25) is 0 Å². The zero-order chi connectivity index (χ0) is 16.5. The number of anilines is 1. The van der Waals surface area contributed by atoms with Gasteiger partial charge in [-0.05, 0) is 19.2 Å². The maximum Gasteiger partial charge on any atom is 0.404 e. The molecule has 0 aromatic heterocycles. The molecule has 0 saturated carbocycles.